The lowest BCUT2D eigenvalue weighted by atomic mass is 9.88. The number of aromatic nitrogens is 4. The van der Waals surface area contributed by atoms with Crippen LogP contribution in [0.5, 0.6) is 5.75 Å². The lowest BCUT2D eigenvalue weighted by Gasteiger charge is -2.25. The molecule has 1 unspecified atom stereocenters. The van der Waals surface area contributed by atoms with Gasteiger partial charge in [0.2, 0.25) is 0 Å². The van der Waals surface area contributed by atoms with E-state index in [4.69, 9.17) is 15.6 Å². The summed E-state index contributed by atoms with van der Waals surface area (Å²) in [4.78, 5) is 8.61. The smallest absolute Gasteiger partial charge is 0.164 e. The molecule has 1 aliphatic rings. The molecule has 2 heterocycles. The number of rotatable bonds is 3. The fraction of sp³-hybridized carbons (Fsp3) is 0.227. The zero-order chi connectivity index (χ0) is 20.0. The first-order chi connectivity index (χ1) is 14.1. The van der Waals surface area contributed by atoms with Gasteiger partial charge in [-0.05, 0) is 42.5 Å². The molecule has 5 rings (SSSR count). The van der Waals surface area contributed by atoms with Gasteiger partial charge in [-0.25, -0.2) is 19.0 Å². The Kier molecular flexibility index (Phi) is 4.16. The van der Waals surface area contributed by atoms with Crippen LogP contribution in [0.4, 0.5) is 10.2 Å². The van der Waals surface area contributed by atoms with Gasteiger partial charge in [0, 0.05) is 11.6 Å². The van der Waals surface area contributed by atoms with Crippen LogP contribution in [0.15, 0.2) is 48.8 Å². The molecule has 0 radical (unpaired) electrons. The summed E-state index contributed by atoms with van der Waals surface area (Å²) < 4.78 is 21.3. The number of ether oxygens (including phenoxy) is 1. The van der Waals surface area contributed by atoms with Crippen LogP contribution in [0.2, 0.25) is 0 Å². The van der Waals surface area contributed by atoms with E-state index < -0.39 is 5.82 Å². The van der Waals surface area contributed by atoms with Crippen LogP contribution in [-0.2, 0) is 12.8 Å². The van der Waals surface area contributed by atoms with Gasteiger partial charge in [0.1, 0.15) is 29.4 Å². The van der Waals surface area contributed by atoms with Crippen LogP contribution in [0, 0.1) is 5.82 Å². The van der Waals surface area contributed by atoms with Crippen LogP contribution < -0.4 is 10.5 Å². The molecule has 6 nitrogen and oxygen atoms in total. The van der Waals surface area contributed by atoms with Crippen molar-refractivity contribution < 1.29 is 9.13 Å². The van der Waals surface area contributed by atoms with Crippen molar-refractivity contribution in [3.05, 3.63) is 65.7 Å². The first-order valence-corrected chi connectivity index (χ1v) is 9.54. The molecule has 0 saturated carbocycles. The molecular weight excluding hydrogens is 369 g/mol. The summed E-state index contributed by atoms with van der Waals surface area (Å²) in [5, 5.41) is 5.48. The predicted molar refractivity (Wildman–Crippen MR) is 109 cm³/mol. The number of benzene rings is 2. The van der Waals surface area contributed by atoms with Gasteiger partial charge in [-0.15, -0.1) is 0 Å². The summed E-state index contributed by atoms with van der Waals surface area (Å²) in [6.45, 7) is 0. The van der Waals surface area contributed by atoms with Gasteiger partial charge in [0.05, 0.1) is 18.5 Å². The van der Waals surface area contributed by atoms with E-state index in [1.807, 2.05) is 4.68 Å². The number of hydrogen-bond donors (Lipinski definition) is 1. The summed E-state index contributed by atoms with van der Waals surface area (Å²) in [5.41, 5.74) is 10.7. The minimum absolute atomic E-state index is 0.144. The van der Waals surface area contributed by atoms with Crippen LogP contribution in [0.3, 0.4) is 0 Å². The highest BCUT2D eigenvalue weighted by atomic mass is 19.1. The van der Waals surface area contributed by atoms with Crippen molar-refractivity contribution in [2.24, 2.45) is 0 Å². The molecule has 2 N–H and O–H groups in total. The molecule has 7 heteroatoms. The molecule has 0 fully saturated rings. The normalized spacial score (nSPS) is 16.0. The third-order valence-electron chi connectivity index (χ3n) is 5.57. The van der Waals surface area contributed by atoms with Gasteiger partial charge in [-0.3, -0.25) is 0 Å². The van der Waals surface area contributed by atoms with Gasteiger partial charge in [0.25, 0.3) is 0 Å². The summed E-state index contributed by atoms with van der Waals surface area (Å²) in [6.07, 6.45) is 4.24. The van der Waals surface area contributed by atoms with Crippen molar-refractivity contribution >= 4 is 16.9 Å². The number of anilines is 1. The number of fused-ring (bicyclic) bond motifs is 2. The predicted octanol–water partition coefficient (Wildman–Crippen LogP) is 3.95. The molecular formula is C22H20FN5O. The van der Waals surface area contributed by atoms with Crippen LogP contribution in [-0.4, -0.2) is 26.9 Å². The highest BCUT2D eigenvalue weighted by Crippen LogP contribution is 2.36. The average molecular weight is 389 g/mol. The number of hydrogen-bond acceptors (Lipinski definition) is 5. The Hall–Kier alpha value is -3.48. The van der Waals surface area contributed by atoms with Crippen molar-refractivity contribution in [1.29, 1.82) is 0 Å². The fourth-order valence-corrected chi connectivity index (χ4v) is 4.16. The molecule has 0 spiro atoms. The molecule has 0 saturated heterocycles. The van der Waals surface area contributed by atoms with Gasteiger partial charge >= 0.3 is 0 Å². The van der Waals surface area contributed by atoms with Crippen molar-refractivity contribution in [3.63, 3.8) is 0 Å². The zero-order valence-electron chi connectivity index (χ0n) is 16.0. The fourth-order valence-electron chi connectivity index (χ4n) is 4.16. The molecule has 2 aromatic heterocycles. The topological polar surface area (TPSA) is 78.8 Å². The molecule has 0 bridgehead atoms. The van der Waals surface area contributed by atoms with E-state index in [9.17, 15) is 4.39 Å². The quantitative estimate of drug-likeness (QED) is 0.574. The van der Waals surface area contributed by atoms with Crippen molar-refractivity contribution in [2.75, 3.05) is 12.8 Å². The summed E-state index contributed by atoms with van der Waals surface area (Å²) in [5.74, 6) is 0.351. The van der Waals surface area contributed by atoms with E-state index in [0.29, 0.717) is 33.9 Å². The Morgan fingerprint density at radius 2 is 1.97 bits per heavy atom. The van der Waals surface area contributed by atoms with E-state index in [1.54, 1.807) is 6.07 Å². The molecule has 146 valence electrons. The maximum atomic E-state index is 14.2. The van der Waals surface area contributed by atoms with Crippen molar-refractivity contribution in [2.45, 2.75) is 25.3 Å². The largest absolute Gasteiger partial charge is 0.497 e. The van der Waals surface area contributed by atoms with Gasteiger partial charge in [-0.2, -0.15) is 5.10 Å². The zero-order valence-corrected chi connectivity index (χ0v) is 16.0. The first-order valence-electron chi connectivity index (χ1n) is 9.54. The minimum Gasteiger partial charge on any atom is -0.497 e. The van der Waals surface area contributed by atoms with Crippen LogP contribution in [0.1, 0.15) is 23.6 Å². The minimum atomic E-state index is -0.399. The number of halogens is 1. The van der Waals surface area contributed by atoms with E-state index in [-0.39, 0.29) is 6.04 Å². The molecule has 1 atom stereocenters. The van der Waals surface area contributed by atoms with Crippen molar-refractivity contribution in [1.82, 2.24) is 19.7 Å². The van der Waals surface area contributed by atoms with E-state index >= 15 is 0 Å². The Bertz CT molecular complexity index is 1220. The number of methoxy groups -OCH3 is 1. The molecule has 29 heavy (non-hydrogen) atoms. The maximum Gasteiger partial charge on any atom is 0.164 e. The Morgan fingerprint density at radius 1 is 1.14 bits per heavy atom. The third kappa shape index (κ3) is 2.99. The third-order valence-corrected chi connectivity index (χ3v) is 5.57. The van der Waals surface area contributed by atoms with Gasteiger partial charge < -0.3 is 10.5 Å². The Labute approximate surface area is 167 Å². The molecule has 1 aliphatic carbocycles. The molecule has 2 aromatic carbocycles. The standard InChI is InChI=1S/C22H20FN5O/c1-29-18-10-15(8-16(23)11-18)20-19-21(24)25-12-26-22(19)28(27-20)17-7-6-13-4-2-3-5-14(13)9-17/h2-5,8,10-12,17H,6-7,9H2,1H3,(H2,24,25,26). The number of nitrogens with zero attached hydrogens (tertiary/aromatic N) is 4. The molecule has 0 aliphatic heterocycles. The lowest BCUT2D eigenvalue weighted by Crippen LogP contribution is -2.20. The van der Waals surface area contributed by atoms with Crippen LogP contribution in [0.25, 0.3) is 22.3 Å². The first kappa shape index (κ1) is 17.6. The second kappa shape index (κ2) is 6.84. The highest BCUT2D eigenvalue weighted by molar-refractivity contribution is 5.98. The molecule has 4 aromatic rings. The van der Waals surface area contributed by atoms with E-state index in [1.165, 1.54) is 36.7 Å². The van der Waals surface area contributed by atoms with Crippen molar-refractivity contribution in [3.8, 4) is 17.0 Å². The second-order valence-electron chi connectivity index (χ2n) is 7.30. The van der Waals surface area contributed by atoms with E-state index in [2.05, 4.69) is 34.2 Å². The van der Waals surface area contributed by atoms with Gasteiger partial charge in [-0.1, -0.05) is 24.3 Å². The number of nitrogen functional groups attached to an aromatic ring is 1. The Morgan fingerprint density at radius 3 is 2.79 bits per heavy atom. The summed E-state index contributed by atoms with van der Waals surface area (Å²) in [6, 6.07) is 13.1. The lowest BCUT2D eigenvalue weighted by molar-refractivity contribution is 0.411. The average Bonchev–Trinajstić information content (AvgIpc) is 3.14. The molecule has 0 amide bonds. The number of nitrogens with two attached hydrogens (primary N) is 1. The maximum absolute atomic E-state index is 14.2. The summed E-state index contributed by atoms with van der Waals surface area (Å²) in [7, 11) is 1.51. The Balaban J connectivity index is 1.67. The van der Waals surface area contributed by atoms with Crippen LogP contribution >= 0.6 is 0 Å². The monoisotopic (exact) mass is 389 g/mol. The summed E-state index contributed by atoms with van der Waals surface area (Å²) >= 11 is 0. The second-order valence-corrected chi connectivity index (χ2v) is 7.30. The SMILES string of the molecule is COc1cc(F)cc(-c2nn(C3CCc4ccccc4C3)c3ncnc(N)c23)c1. The highest BCUT2D eigenvalue weighted by Gasteiger charge is 2.26. The number of aryl methyl sites for hydroxylation is 1. The van der Waals surface area contributed by atoms with E-state index in [0.717, 1.165) is 19.3 Å². The van der Waals surface area contributed by atoms with Gasteiger partial charge in [0.15, 0.2) is 5.65 Å².